The summed E-state index contributed by atoms with van der Waals surface area (Å²) in [6, 6.07) is 4.50. The molecule has 15 heavy (non-hydrogen) atoms. The second-order valence-electron chi connectivity index (χ2n) is 2.86. The molecule has 0 unspecified atom stereocenters. The monoisotopic (exact) mass is 218 g/mol. The first kappa shape index (κ1) is 11.4. The van der Waals surface area contributed by atoms with Gasteiger partial charge in [-0.05, 0) is 12.1 Å². The maximum atomic E-state index is 12.0. The Hall–Kier alpha value is -1.72. The van der Waals surface area contributed by atoms with E-state index in [1.54, 1.807) is 0 Å². The fourth-order valence-electron chi connectivity index (χ4n) is 0.977. The zero-order chi connectivity index (χ0) is 11.6. The first-order valence-corrected chi connectivity index (χ1v) is 3.94. The first-order valence-electron chi connectivity index (χ1n) is 3.94. The second kappa shape index (κ2) is 3.80. The van der Waals surface area contributed by atoms with Crippen molar-refractivity contribution in [2.24, 2.45) is 0 Å². The molecule has 0 radical (unpaired) electrons. The molecule has 3 nitrogen and oxygen atoms in total. The minimum Gasteiger partial charge on any atom is -0.872 e. The maximum Gasteiger partial charge on any atom is 0.471 e. The van der Waals surface area contributed by atoms with E-state index >= 15 is 0 Å². The van der Waals surface area contributed by atoms with Gasteiger partial charge in [-0.15, -0.1) is 5.75 Å². The fourth-order valence-corrected chi connectivity index (χ4v) is 0.977. The lowest BCUT2D eigenvalue weighted by Crippen LogP contribution is -2.38. The number of anilines is 1. The third-order valence-electron chi connectivity index (χ3n) is 1.77. The molecule has 1 aromatic carbocycles. The molecular formula is C9H7F3NO2-. The summed E-state index contributed by atoms with van der Waals surface area (Å²) in [5, 5.41) is 10.7. The topological polar surface area (TPSA) is 43.4 Å². The van der Waals surface area contributed by atoms with Crippen LogP contribution in [-0.2, 0) is 4.79 Å². The molecule has 0 atom stereocenters. The average molecular weight is 218 g/mol. The third-order valence-corrected chi connectivity index (χ3v) is 1.77. The number of carbonyl (C=O) groups excluding carboxylic acids is 1. The Morgan fingerprint density at radius 3 is 2.13 bits per heavy atom. The van der Waals surface area contributed by atoms with E-state index in [0.717, 1.165) is 31.3 Å². The van der Waals surface area contributed by atoms with Gasteiger partial charge in [0.15, 0.2) is 0 Å². The number of nitrogens with zero attached hydrogens (tertiary/aromatic N) is 1. The van der Waals surface area contributed by atoms with E-state index in [1.807, 2.05) is 0 Å². The number of hydrogen-bond donors (Lipinski definition) is 0. The van der Waals surface area contributed by atoms with Crippen LogP contribution in [0.25, 0.3) is 0 Å². The summed E-state index contributed by atoms with van der Waals surface area (Å²) in [6.45, 7) is 0. The van der Waals surface area contributed by atoms with E-state index in [1.165, 1.54) is 0 Å². The Kier molecular flexibility index (Phi) is 2.88. The number of rotatable bonds is 1. The molecule has 0 aliphatic carbocycles. The smallest absolute Gasteiger partial charge is 0.471 e. The van der Waals surface area contributed by atoms with Gasteiger partial charge in [0.1, 0.15) is 0 Å². The highest BCUT2D eigenvalue weighted by Crippen LogP contribution is 2.23. The fraction of sp³-hybridized carbons (Fsp3) is 0.222. The molecule has 0 fully saturated rings. The van der Waals surface area contributed by atoms with Crippen molar-refractivity contribution >= 4 is 11.6 Å². The number of alkyl halides is 3. The number of carbonyl (C=O) groups is 1. The number of benzene rings is 1. The molecule has 1 aromatic rings. The average Bonchev–Trinajstić information content (AvgIpc) is 2.15. The Morgan fingerprint density at radius 1 is 1.27 bits per heavy atom. The molecule has 1 rings (SSSR count). The van der Waals surface area contributed by atoms with Crippen molar-refractivity contribution in [3.05, 3.63) is 24.3 Å². The van der Waals surface area contributed by atoms with Crippen LogP contribution in [0.3, 0.4) is 0 Å². The van der Waals surface area contributed by atoms with Gasteiger partial charge in [-0.3, -0.25) is 4.79 Å². The number of amides is 1. The lowest BCUT2D eigenvalue weighted by Gasteiger charge is -2.19. The van der Waals surface area contributed by atoms with E-state index in [0.29, 0.717) is 4.90 Å². The van der Waals surface area contributed by atoms with Gasteiger partial charge >= 0.3 is 12.1 Å². The zero-order valence-corrected chi connectivity index (χ0v) is 7.71. The van der Waals surface area contributed by atoms with Gasteiger partial charge in [-0.2, -0.15) is 13.2 Å². The van der Waals surface area contributed by atoms with Crippen LogP contribution < -0.4 is 10.0 Å². The van der Waals surface area contributed by atoms with Crippen molar-refractivity contribution in [2.45, 2.75) is 6.18 Å². The Morgan fingerprint density at radius 2 is 1.73 bits per heavy atom. The Bertz CT molecular complexity index is 359. The number of hydrogen-bond acceptors (Lipinski definition) is 2. The van der Waals surface area contributed by atoms with Gasteiger partial charge in [-0.1, -0.05) is 12.1 Å². The maximum absolute atomic E-state index is 12.0. The molecule has 0 heterocycles. The summed E-state index contributed by atoms with van der Waals surface area (Å²) in [7, 11) is 0.996. The Labute approximate surface area is 83.7 Å². The predicted octanol–water partition coefficient (Wildman–Crippen LogP) is 1.29. The molecule has 0 aliphatic rings. The van der Waals surface area contributed by atoms with Gasteiger partial charge in [0.25, 0.3) is 0 Å². The van der Waals surface area contributed by atoms with E-state index in [2.05, 4.69) is 0 Å². The zero-order valence-electron chi connectivity index (χ0n) is 7.71. The predicted molar refractivity (Wildman–Crippen MR) is 45.4 cm³/mol. The quantitative estimate of drug-likeness (QED) is 0.712. The van der Waals surface area contributed by atoms with Crippen LogP contribution in [0.5, 0.6) is 5.75 Å². The van der Waals surface area contributed by atoms with Crippen LogP contribution in [0.15, 0.2) is 24.3 Å². The number of halogens is 3. The molecule has 6 heteroatoms. The van der Waals surface area contributed by atoms with E-state index < -0.39 is 12.1 Å². The second-order valence-corrected chi connectivity index (χ2v) is 2.86. The summed E-state index contributed by atoms with van der Waals surface area (Å²) in [5.74, 6) is -2.30. The largest absolute Gasteiger partial charge is 0.872 e. The van der Waals surface area contributed by atoms with Crippen molar-refractivity contribution in [3.63, 3.8) is 0 Å². The summed E-state index contributed by atoms with van der Waals surface area (Å²) in [5.41, 5.74) is 0.0249. The summed E-state index contributed by atoms with van der Waals surface area (Å²) < 4.78 is 36.0. The van der Waals surface area contributed by atoms with E-state index in [4.69, 9.17) is 0 Å². The van der Waals surface area contributed by atoms with Crippen molar-refractivity contribution in [3.8, 4) is 5.75 Å². The highest BCUT2D eigenvalue weighted by atomic mass is 19.4. The normalized spacial score (nSPS) is 11.2. The molecule has 0 aliphatic heterocycles. The lowest BCUT2D eigenvalue weighted by atomic mass is 10.3. The van der Waals surface area contributed by atoms with E-state index in [-0.39, 0.29) is 11.4 Å². The van der Waals surface area contributed by atoms with Crippen LogP contribution >= 0.6 is 0 Å². The molecule has 0 bridgehead atoms. The van der Waals surface area contributed by atoms with Crippen molar-refractivity contribution in [1.82, 2.24) is 0 Å². The SMILES string of the molecule is CN(C(=O)C(F)(F)F)c1ccc([O-])cc1. The summed E-state index contributed by atoms with van der Waals surface area (Å²) >= 11 is 0. The Balaban J connectivity index is 2.90. The van der Waals surface area contributed by atoms with Gasteiger partial charge < -0.3 is 10.0 Å². The minimum atomic E-state index is -4.91. The van der Waals surface area contributed by atoms with Crippen molar-refractivity contribution < 1.29 is 23.1 Å². The van der Waals surface area contributed by atoms with E-state index in [9.17, 15) is 23.1 Å². The molecule has 1 amide bonds. The molecular weight excluding hydrogens is 211 g/mol. The third kappa shape index (κ3) is 2.61. The van der Waals surface area contributed by atoms with Gasteiger partial charge in [0, 0.05) is 12.7 Å². The van der Waals surface area contributed by atoms with Crippen LogP contribution in [0.4, 0.5) is 18.9 Å². The molecule has 82 valence electrons. The molecule has 0 N–H and O–H groups in total. The lowest BCUT2D eigenvalue weighted by molar-refractivity contribution is -0.268. The van der Waals surface area contributed by atoms with Crippen LogP contribution in [0, 0.1) is 0 Å². The van der Waals surface area contributed by atoms with Crippen LogP contribution in [0.1, 0.15) is 0 Å². The van der Waals surface area contributed by atoms with Crippen molar-refractivity contribution in [1.29, 1.82) is 0 Å². The summed E-state index contributed by atoms with van der Waals surface area (Å²) in [6.07, 6.45) is -4.91. The molecule has 0 aromatic heterocycles. The highest BCUT2D eigenvalue weighted by Gasteiger charge is 2.41. The first-order chi connectivity index (χ1) is 6.82. The van der Waals surface area contributed by atoms with Crippen LogP contribution in [0.2, 0.25) is 0 Å². The molecule has 0 saturated carbocycles. The van der Waals surface area contributed by atoms with Crippen molar-refractivity contribution in [2.75, 3.05) is 11.9 Å². The highest BCUT2D eigenvalue weighted by molar-refractivity contribution is 5.96. The standard InChI is InChI=1S/C9H8F3NO2/c1-13(8(15)9(10,11)12)6-2-4-7(14)5-3-6/h2-5,14H,1H3/p-1. The molecule has 0 saturated heterocycles. The minimum absolute atomic E-state index is 0.0249. The van der Waals surface area contributed by atoms with Crippen LogP contribution in [-0.4, -0.2) is 19.1 Å². The van der Waals surface area contributed by atoms with Gasteiger partial charge in [0.2, 0.25) is 0 Å². The summed E-state index contributed by atoms with van der Waals surface area (Å²) in [4.78, 5) is 11.2. The van der Waals surface area contributed by atoms with Gasteiger partial charge in [-0.25, -0.2) is 0 Å². The van der Waals surface area contributed by atoms with Gasteiger partial charge in [0.05, 0.1) is 0 Å². The molecule has 0 spiro atoms.